The van der Waals surface area contributed by atoms with Crippen LogP contribution in [0.3, 0.4) is 0 Å². The van der Waals surface area contributed by atoms with E-state index in [-0.39, 0.29) is 24.5 Å². The van der Waals surface area contributed by atoms with Crippen LogP contribution in [0, 0.1) is 0 Å². The fourth-order valence-electron chi connectivity index (χ4n) is 3.83. The number of hydrogen-bond donors (Lipinski definition) is 3. The molecule has 2 unspecified atom stereocenters. The van der Waals surface area contributed by atoms with Crippen molar-refractivity contribution in [3.8, 4) is 5.75 Å². The third-order valence-corrected chi connectivity index (χ3v) is 5.66. The summed E-state index contributed by atoms with van der Waals surface area (Å²) in [6.07, 6.45) is 6.51. The predicted octanol–water partition coefficient (Wildman–Crippen LogP) is 4.65. The molecule has 0 aliphatic carbocycles. The van der Waals surface area contributed by atoms with E-state index in [1.807, 2.05) is 18.2 Å². The van der Waals surface area contributed by atoms with Crippen molar-refractivity contribution in [3.63, 3.8) is 0 Å². The number of rotatable bonds is 13. The average Bonchev–Trinajstić information content (AvgIpc) is 2.73. The number of unbranched alkanes of at least 4 members (excludes halogenated alkanes) is 2. The Morgan fingerprint density at radius 3 is 2.41 bits per heavy atom. The van der Waals surface area contributed by atoms with Crippen LogP contribution in [0.25, 0.3) is 0 Å². The first kappa shape index (κ1) is 23.4. The van der Waals surface area contributed by atoms with Crippen molar-refractivity contribution in [3.05, 3.63) is 65.2 Å². The van der Waals surface area contributed by atoms with Gasteiger partial charge in [0.2, 0.25) is 0 Å². The monoisotopic (exact) mass is 399 g/mol. The van der Waals surface area contributed by atoms with Gasteiger partial charge in [-0.15, -0.1) is 0 Å². The number of aryl methyl sites for hydroxylation is 1. The van der Waals surface area contributed by atoms with E-state index in [4.69, 9.17) is 0 Å². The van der Waals surface area contributed by atoms with Crippen LogP contribution in [-0.2, 0) is 19.6 Å². The lowest BCUT2D eigenvalue weighted by molar-refractivity contribution is 0.0981. The van der Waals surface area contributed by atoms with Crippen molar-refractivity contribution >= 4 is 0 Å². The molecule has 0 amide bonds. The number of hydrogen-bond acceptors (Lipinski definition) is 4. The lowest BCUT2D eigenvalue weighted by Crippen LogP contribution is -2.35. The van der Waals surface area contributed by atoms with E-state index in [2.05, 4.69) is 43.1 Å². The molecule has 0 aliphatic rings. The van der Waals surface area contributed by atoms with Gasteiger partial charge in [0.1, 0.15) is 5.75 Å². The molecule has 2 aromatic rings. The molecule has 0 saturated heterocycles. The summed E-state index contributed by atoms with van der Waals surface area (Å²) in [5.74, 6) is 0.139. The number of aromatic hydroxyl groups is 1. The molecule has 2 atom stereocenters. The Bertz CT molecular complexity index is 704. The number of nitrogens with zero attached hydrogens (tertiary/aromatic N) is 1. The second kappa shape index (κ2) is 12.6. The van der Waals surface area contributed by atoms with Crippen molar-refractivity contribution < 1.29 is 15.3 Å². The third-order valence-electron chi connectivity index (χ3n) is 5.66. The molecule has 2 rings (SSSR count). The maximum atomic E-state index is 10.6. The van der Waals surface area contributed by atoms with E-state index in [0.29, 0.717) is 5.56 Å². The Morgan fingerprint density at radius 2 is 1.72 bits per heavy atom. The molecule has 0 spiro atoms. The molecule has 2 aromatic carbocycles. The lowest BCUT2D eigenvalue weighted by atomic mass is 9.96. The van der Waals surface area contributed by atoms with Crippen molar-refractivity contribution in [2.45, 2.75) is 77.2 Å². The average molecular weight is 400 g/mol. The van der Waals surface area contributed by atoms with Crippen LogP contribution in [0.15, 0.2) is 48.5 Å². The Labute approximate surface area is 175 Å². The van der Waals surface area contributed by atoms with Crippen molar-refractivity contribution in [2.75, 3.05) is 7.05 Å². The highest BCUT2D eigenvalue weighted by Gasteiger charge is 2.19. The summed E-state index contributed by atoms with van der Waals surface area (Å²) in [4.78, 5) is 2.34. The zero-order valence-corrected chi connectivity index (χ0v) is 17.9. The van der Waals surface area contributed by atoms with E-state index >= 15 is 0 Å². The van der Waals surface area contributed by atoms with Crippen molar-refractivity contribution in [1.82, 2.24) is 4.90 Å². The van der Waals surface area contributed by atoms with Gasteiger partial charge in [0.15, 0.2) is 0 Å². The minimum absolute atomic E-state index is 0.139. The summed E-state index contributed by atoms with van der Waals surface area (Å²) in [5.41, 5.74) is 2.94. The minimum Gasteiger partial charge on any atom is -0.508 e. The molecule has 0 saturated carbocycles. The molecule has 4 heteroatoms. The topological polar surface area (TPSA) is 63.9 Å². The second-order valence-corrected chi connectivity index (χ2v) is 8.10. The van der Waals surface area contributed by atoms with Gasteiger partial charge in [0.05, 0.1) is 12.7 Å². The molecule has 0 fully saturated rings. The summed E-state index contributed by atoms with van der Waals surface area (Å²) >= 11 is 0. The first-order valence-electron chi connectivity index (χ1n) is 10.9. The first-order valence-corrected chi connectivity index (χ1v) is 10.9. The molecular weight excluding hydrogens is 362 g/mol. The summed E-state index contributed by atoms with van der Waals surface area (Å²) in [6, 6.07) is 16.1. The SMILES string of the molecule is CCCCCC(O)CC(CCc1ccc(O)c(CO)c1)N(C)Cc1ccccc1. The Balaban J connectivity index is 2.02. The second-order valence-electron chi connectivity index (χ2n) is 8.10. The maximum Gasteiger partial charge on any atom is 0.121 e. The fourth-order valence-corrected chi connectivity index (χ4v) is 3.83. The number of aliphatic hydroxyl groups excluding tert-OH is 2. The molecular formula is C25H37NO3. The zero-order valence-electron chi connectivity index (χ0n) is 17.9. The van der Waals surface area contributed by atoms with E-state index < -0.39 is 0 Å². The molecule has 160 valence electrons. The van der Waals surface area contributed by atoms with Gasteiger partial charge in [-0.05, 0) is 56.0 Å². The Kier molecular flexibility index (Phi) is 10.2. The van der Waals surface area contributed by atoms with Crippen molar-refractivity contribution in [2.24, 2.45) is 0 Å². The third kappa shape index (κ3) is 8.17. The van der Waals surface area contributed by atoms with Crippen LogP contribution in [0.1, 0.15) is 62.1 Å². The van der Waals surface area contributed by atoms with E-state index in [9.17, 15) is 15.3 Å². The molecule has 0 radical (unpaired) electrons. The van der Waals surface area contributed by atoms with Gasteiger partial charge in [-0.1, -0.05) is 62.6 Å². The zero-order chi connectivity index (χ0) is 21.1. The van der Waals surface area contributed by atoms with Gasteiger partial charge in [0, 0.05) is 18.2 Å². The number of phenols is 1. The van der Waals surface area contributed by atoms with Crippen LogP contribution in [0.4, 0.5) is 0 Å². The van der Waals surface area contributed by atoms with Crippen LogP contribution in [0.2, 0.25) is 0 Å². The van der Waals surface area contributed by atoms with E-state index in [0.717, 1.165) is 50.6 Å². The van der Waals surface area contributed by atoms with Crippen molar-refractivity contribution in [1.29, 1.82) is 0 Å². The minimum atomic E-state index is -0.280. The van der Waals surface area contributed by atoms with Gasteiger partial charge >= 0.3 is 0 Å². The highest BCUT2D eigenvalue weighted by atomic mass is 16.3. The van der Waals surface area contributed by atoms with Gasteiger partial charge in [-0.2, -0.15) is 0 Å². The molecule has 0 heterocycles. The molecule has 29 heavy (non-hydrogen) atoms. The van der Waals surface area contributed by atoms with Crippen LogP contribution < -0.4 is 0 Å². The normalized spacial score (nSPS) is 13.6. The predicted molar refractivity (Wildman–Crippen MR) is 119 cm³/mol. The van der Waals surface area contributed by atoms with Crippen LogP contribution in [-0.4, -0.2) is 39.4 Å². The first-order chi connectivity index (χ1) is 14.0. The lowest BCUT2D eigenvalue weighted by Gasteiger charge is -2.30. The van der Waals surface area contributed by atoms with E-state index in [1.54, 1.807) is 6.07 Å². The van der Waals surface area contributed by atoms with Gasteiger partial charge in [0.25, 0.3) is 0 Å². The molecule has 4 nitrogen and oxygen atoms in total. The largest absolute Gasteiger partial charge is 0.508 e. The summed E-state index contributed by atoms with van der Waals surface area (Å²) in [6.45, 7) is 2.87. The van der Waals surface area contributed by atoms with Gasteiger partial charge in [-0.25, -0.2) is 0 Å². The quantitative estimate of drug-likeness (QED) is 0.429. The summed E-state index contributed by atoms with van der Waals surface area (Å²) in [7, 11) is 2.13. The molecule has 0 aliphatic heterocycles. The number of benzene rings is 2. The smallest absolute Gasteiger partial charge is 0.121 e. The molecule has 0 bridgehead atoms. The molecule has 0 aromatic heterocycles. The van der Waals surface area contributed by atoms with Crippen LogP contribution in [0.5, 0.6) is 5.75 Å². The highest BCUT2D eigenvalue weighted by molar-refractivity contribution is 5.35. The molecule has 3 N–H and O–H groups in total. The van der Waals surface area contributed by atoms with Gasteiger partial charge < -0.3 is 15.3 Å². The standard InChI is InChI=1S/C25H37NO3/c1-3-4-6-11-24(28)17-23(26(2)18-21-9-7-5-8-10-21)14-12-20-13-15-25(29)22(16-20)19-27/h5,7-10,13,15-16,23-24,27-29H,3-4,6,11-12,14,17-19H2,1-2H3. The van der Waals surface area contributed by atoms with Crippen LogP contribution >= 0.6 is 0 Å². The van der Waals surface area contributed by atoms with E-state index in [1.165, 1.54) is 12.0 Å². The van der Waals surface area contributed by atoms with Gasteiger partial charge in [-0.3, -0.25) is 4.90 Å². The summed E-state index contributed by atoms with van der Waals surface area (Å²) < 4.78 is 0. The fraction of sp³-hybridized carbons (Fsp3) is 0.520. The number of aliphatic hydroxyl groups is 2. The Hall–Kier alpha value is -1.88. The highest BCUT2D eigenvalue weighted by Crippen LogP contribution is 2.22. The summed E-state index contributed by atoms with van der Waals surface area (Å²) in [5, 5.41) is 29.8. The Morgan fingerprint density at radius 1 is 0.966 bits per heavy atom. The maximum absolute atomic E-state index is 10.6.